The average Bonchev–Trinajstić information content (AvgIpc) is 2.80. The molecule has 0 atom stereocenters. The average molecular weight is 249 g/mol. The summed E-state index contributed by atoms with van der Waals surface area (Å²) in [5.41, 5.74) is 6.17. The normalized spacial score (nSPS) is 10.9. The van der Waals surface area contributed by atoms with E-state index in [9.17, 15) is 4.39 Å². The number of nitrogens with two attached hydrogens (primary N) is 1. The van der Waals surface area contributed by atoms with Crippen molar-refractivity contribution in [1.82, 2.24) is 9.78 Å². The van der Waals surface area contributed by atoms with Gasteiger partial charge in [-0.2, -0.15) is 5.10 Å². The standard InChI is InChI=1S/C13H16FN3O/c1-9(2)17-8-11(7-16-17)18-13-4-3-10(6-15)5-12(13)14/h3-5,7-9H,6,15H2,1-2H3. The van der Waals surface area contributed by atoms with Crippen molar-refractivity contribution in [2.45, 2.75) is 26.4 Å². The quantitative estimate of drug-likeness (QED) is 0.906. The minimum Gasteiger partial charge on any atom is -0.451 e. The molecule has 2 rings (SSSR count). The first kappa shape index (κ1) is 12.6. The van der Waals surface area contributed by atoms with E-state index in [1.807, 2.05) is 13.8 Å². The number of hydrogen-bond donors (Lipinski definition) is 1. The fourth-order valence-corrected chi connectivity index (χ4v) is 1.54. The van der Waals surface area contributed by atoms with Crippen molar-refractivity contribution < 1.29 is 9.13 Å². The molecule has 1 heterocycles. The lowest BCUT2D eigenvalue weighted by atomic mass is 10.2. The van der Waals surface area contributed by atoms with Gasteiger partial charge in [-0.3, -0.25) is 4.68 Å². The zero-order chi connectivity index (χ0) is 13.1. The van der Waals surface area contributed by atoms with Crippen LogP contribution in [0.1, 0.15) is 25.5 Å². The van der Waals surface area contributed by atoms with Crippen molar-refractivity contribution in [3.05, 3.63) is 42.0 Å². The summed E-state index contributed by atoms with van der Waals surface area (Å²) in [7, 11) is 0. The van der Waals surface area contributed by atoms with Crippen molar-refractivity contribution in [2.75, 3.05) is 0 Å². The summed E-state index contributed by atoms with van der Waals surface area (Å²) < 4.78 is 20.9. The van der Waals surface area contributed by atoms with Crippen LogP contribution in [-0.4, -0.2) is 9.78 Å². The molecule has 2 N–H and O–H groups in total. The van der Waals surface area contributed by atoms with Gasteiger partial charge in [0.25, 0.3) is 0 Å². The molecule has 0 unspecified atom stereocenters. The van der Waals surface area contributed by atoms with Crippen LogP contribution >= 0.6 is 0 Å². The molecule has 0 saturated heterocycles. The van der Waals surface area contributed by atoms with Crippen LogP contribution in [0.2, 0.25) is 0 Å². The number of aromatic nitrogens is 2. The second kappa shape index (κ2) is 5.18. The fraction of sp³-hybridized carbons (Fsp3) is 0.308. The molecule has 18 heavy (non-hydrogen) atoms. The van der Waals surface area contributed by atoms with Gasteiger partial charge in [0.05, 0.1) is 12.4 Å². The molecule has 0 aliphatic carbocycles. The van der Waals surface area contributed by atoms with Crippen LogP contribution in [-0.2, 0) is 6.54 Å². The molecule has 0 aliphatic rings. The summed E-state index contributed by atoms with van der Waals surface area (Å²) in [4.78, 5) is 0. The Morgan fingerprint density at radius 2 is 2.22 bits per heavy atom. The van der Waals surface area contributed by atoms with Gasteiger partial charge in [0.1, 0.15) is 0 Å². The Bertz CT molecular complexity index is 537. The van der Waals surface area contributed by atoms with E-state index in [2.05, 4.69) is 5.10 Å². The zero-order valence-electron chi connectivity index (χ0n) is 10.4. The Labute approximate surface area is 105 Å². The van der Waals surface area contributed by atoms with E-state index >= 15 is 0 Å². The molecule has 96 valence electrons. The molecular formula is C13H16FN3O. The number of nitrogens with zero attached hydrogens (tertiary/aromatic N) is 2. The van der Waals surface area contributed by atoms with Gasteiger partial charge < -0.3 is 10.5 Å². The van der Waals surface area contributed by atoms with Gasteiger partial charge in [0.15, 0.2) is 17.3 Å². The zero-order valence-corrected chi connectivity index (χ0v) is 10.4. The molecule has 0 bridgehead atoms. The molecule has 0 fully saturated rings. The highest BCUT2D eigenvalue weighted by atomic mass is 19.1. The summed E-state index contributed by atoms with van der Waals surface area (Å²) in [6.07, 6.45) is 3.30. The van der Waals surface area contributed by atoms with Gasteiger partial charge in [0, 0.05) is 12.6 Å². The number of hydrogen-bond acceptors (Lipinski definition) is 3. The molecule has 0 amide bonds. The number of ether oxygens (including phenoxy) is 1. The van der Waals surface area contributed by atoms with E-state index in [4.69, 9.17) is 10.5 Å². The Morgan fingerprint density at radius 1 is 1.44 bits per heavy atom. The van der Waals surface area contributed by atoms with E-state index < -0.39 is 5.82 Å². The predicted octanol–water partition coefficient (Wildman–Crippen LogP) is 2.85. The van der Waals surface area contributed by atoms with Crippen molar-refractivity contribution in [3.8, 4) is 11.5 Å². The molecule has 0 radical (unpaired) electrons. The minimum atomic E-state index is -0.421. The second-order valence-corrected chi connectivity index (χ2v) is 4.32. The maximum atomic E-state index is 13.7. The first-order chi connectivity index (χ1) is 8.60. The monoisotopic (exact) mass is 249 g/mol. The molecule has 2 aromatic rings. The second-order valence-electron chi connectivity index (χ2n) is 4.32. The van der Waals surface area contributed by atoms with Crippen LogP contribution in [0.25, 0.3) is 0 Å². The van der Waals surface area contributed by atoms with E-state index in [1.54, 1.807) is 29.2 Å². The summed E-state index contributed by atoms with van der Waals surface area (Å²) in [6, 6.07) is 4.93. The third kappa shape index (κ3) is 2.68. The summed E-state index contributed by atoms with van der Waals surface area (Å²) >= 11 is 0. The summed E-state index contributed by atoms with van der Waals surface area (Å²) in [5.74, 6) is 0.272. The van der Waals surface area contributed by atoms with E-state index in [1.165, 1.54) is 6.07 Å². The topological polar surface area (TPSA) is 53.1 Å². The van der Waals surface area contributed by atoms with E-state index in [0.29, 0.717) is 12.3 Å². The van der Waals surface area contributed by atoms with Gasteiger partial charge >= 0.3 is 0 Å². The first-order valence-corrected chi connectivity index (χ1v) is 5.80. The molecule has 4 nitrogen and oxygen atoms in total. The molecule has 1 aromatic carbocycles. The highest BCUT2D eigenvalue weighted by molar-refractivity contribution is 5.32. The summed E-state index contributed by atoms with van der Waals surface area (Å²) in [6.45, 7) is 4.32. The van der Waals surface area contributed by atoms with Crippen molar-refractivity contribution in [1.29, 1.82) is 0 Å². The van der Waals surface area contributed by atoms with Crippen LogP contribution in [0.4, 0.5) is 4.39 Å². The minimum absolute atomic E-state index is 0.176. The maximum Gasteiger partial charge on any atom is 0.166 e. The number of halogens is 1. The van der Waals surface area contributed by atoms with Gasteiger partial charge in [-0.15, -0.1) is 0 Å². The van der Waals surface area contributed by atoms with Crippen molar-refractivity contribution >= 4 is 0 Å². The van der Waals surface area contributed by atoms with E-state index in [-0.39, 0.29) is 11.8 Å². The highest BCUT2D eigenvalue weighted by Crippen LogP contribution is 2.25. The molecule has 5 heteroatoms. The largest absolute Gasteiger partial charge is 0.451 e. The van der Waals surface area contributed by atoms with Gasteiger partial charge in [-0.25, -0.2) is 4.39 Å². The highest BCUT2D eigenvalue weighted by Gasteiger charge is 2.08. The molecule has 0 saturated carbocycles. The van der Waals surface area contributed by atoms with Crippen molar-refractivity contribution in [2.24, 2.45) is 5.73 Å². The van der Waals surface area contributed by atoms with Crippen LogP contribution < -0.4 is 10.5 Å². The third-order valence-electron chi connectivity index (χ3n) is 2.57. The molecule has 0 aliphatic heterocycles. The Balaban J connectivity index is 2.17. The number of benzene rings is 1. The van der Waals surface area contributed by atoms with Gasteiger partial charge in [-0.1, -0.05) is 6.07 Å². The fourth-order valence-electron chi connectivity index (χ4n) is 1.54. The lowest BCUT2D eigenvalue weighted by Crippen LogP contribution is -1.99. The molecule has 1 aromatic heterocycles. The lowest BCUT2D eigenvalue weighted by molar-refractivity contribution is 0.439. The summed E-state index contributed by atoms with van der Waals surface area (Å²) in [5, 5.41) is 4.12. The smallest absolute Gasteiger partial charge is 0.166 e. The lowest BCUT2D eigenvalue weighted by Gasteiger charge is -2.06. The third-order valence-corrected chi connectivity index (χ3v) is 2.57. The SMILES string of the molecule is CC(C)n1cc(Oc2ccc(CN)cc2F)cn1. The predicted molar refractivity (Wildman–Crippen MR) is 67.0 cm³/mol. The van der Waals surface area contributed by atoms with Crippen molar-refractivity contribution in [3.63, 3.8) is 0 Å². The van der Waals surface area contributed by atoms with Crippen LogP contribution in [0, 0.1) is 5.82 Å². The van der Waals surface area contributed by atoms with Crippen LogP contribution in [0.15, 0.2) is 30.6 Å². The van der Waals surface area contributed by atoms with Crippen LogP contribution in [0.3, 0.4) is 0 Å². The molecule has 0 spiro atoms. The maximum absolute atomic E-state index is 13.7. The van der Waals surface area contributed by atoms with E-state index in [0.717, 1.165) is 5.56 Å². The first-order valence-electron chi connectivity index (χ1n) is 5.80. The number of rotatable bonds is 4. The Kier molecular flexibility index (Phi) is 3.62. The van der Waals surface area contributed by atoms with Gasteiger partial charge in [-0.05, 0) is 31.5 Å². The van der Waals surface area contributed by atoms with Gasteiger partial charge in [0.2, 0.25) is 0 Å². The Morgan fingerprint density at radius 3 is 2.78 bits per heavy atom. The molecular weight excluding hydrogens is 233 g/mol. The van der Waals surface area contributed by atoms with Crippen LogP contribution in [0.5, 0.6) is 11.5 Å². The Hall–Kier alpha value is -1.88.